The van der Waals surface area contributed by atoms with Crippen molar-refractivity contribution < 1.29 is 4.39 Å². The molecule has 1 aromatic rings. The molecule has 15 heavy (non-hydrogen) atoms. The summed E-state index contributed by atoms with van der Waals surface area (Å²) in [5, 5.41) is 0. The summed E-state index contributed by atoms with van der Waals surface area (Å²) >= 11 is 1.96. The van der Waals surface area contributed by atoms with Gasteiger partial charge < -0.3 is 10.6 Å². The van der Waals surface area contributed by atoms with Crippen LogP contribution in [-0.2, 0) is 0 Å². The van der Waals surface area contributed by atoms with Crippen molar-refractivity contribution in [2.75, 3.05) is 17.2 Å². The van der Waals surface area contributed by atoms with Gasteiger partial charge in [0.1, 0.15) is 5.82 Å². The van der Waals surface area contributed by atoms with Gasteiger partial charge in [-0.05, 0) is 48.4 Å². The van der Waals surface area contributed by atoms with Crippen LogP contribution in [0.4, 0.5) is 15.8 Å². The first-order chi connectivity index (χ1) is 7.09. The molecule has 2 nitrogen and oxygen atoms in total. The van der Waals surface area contributed by atoms with E-state index in [1.54, 1.807) is 12.1 Å². The number of halogens is 2. The van der Waals surface area contributed by atoms with Crippen LogP contribution in [0.3, 0.4) is 0 Å². The zero-order valence-corrected chi connectivity index (χ0v) is 10.8. The van der Waals surface area contributed by atoms with Crippen LogP contribution in [0.25, 0.3) is 0 Å². The molecular weight excluding hydrogens is 306 g/mol. The van der Waals surface area contributed by atoms with Gasteiger partial charge in [-0.25, -0.2) is 4.39 Å². The Bertz CT molecular complexity index is 381. The Morgan fingerprint density at radius 1 is 1.53 bits per heavy atom. The maximum Gasteiger partial charge on any atom is 0.138 e. The number of rotatable bonds is 1. The summed E-state index contributed by atoms with van der Waals surface area (Å²) in [7, 11) is 0. The largest absolute Gasteiger partial charge is 0.397 e. The molecule has 0 aromatic heterocycles. The smallest absolute Gasteiger partial charge is 0.138 e. The third-order valence-corrected chi connectivity index (χ3v) is 3.76. The van der Waals surface area contributed by atoms with Crippen LogP contribution in [0, 0.1) is 9.39 Å². The molecule has 1 aromatic carbocycles. The molecule has 1 aliphatic heterocycles. The van der Waals surface area contributed by atoms with E-state index in [4.69, 9.17) is 5.73 Å². The Morgan fingerprint density at radius 2 is 2.27 bits per heavy atom. The fourth-order valence-corrected chi connectivity index (χ4v) is 2.58. The monoisotopic (exact) mass is 320 g/mol. The number of nitrogens with two attached hydrogens (primary N) is 1. The SMILES string of the molecule is CC1CCCN1c1cc(F)c(I)cc1N. The highest BCUT2D eigenvalue weighted by Crippen LogP contribution is 2.32. The van der Waals surface area contributed by atoms with E-state index in [1.165, 1.54) is 0 Å². The topological polar surface area (TPSA) is 29.3 Å². The molecule has 82 valence electrons. The van der Waals surface area contributed by atoms with E-state index in [1.807, 2.05) is 22.6 Å². The zero-order chi connectivity index (χ0) is 11.0. The van der Waals surface area contributed by atoms with Gasteiger partial charge in [-0.2, -0.15) is 0 Å². The van der Waals surface area contributed by atoms with E-state index in [9.17, 15) is 4.39 Å². The lowest BCUT2D eigenvalue weighted by Gasteiger charge is -2.25. The van der Waals surface area contributed by atoms with Crippen molar-refractivity contribution in [2.45, 2.75) is 25.8 Å². The maximum absolute atomic E-state index is 13.4. The summed E-state index contributed by atoms with van der Waals surface area (Å²) in [4.78, 5) is 2.19. The summed E-state index contributed by atoms with van der Waals surface area (Å²) < 4.78 is 14.0. The maximum atomic E-state index is 13.4. The molecular formula is C11H14FIN2. The summed E-state index contributed by atoms with van der Waals surface area (Å²) in [6, 6.07) is 3.72. The molecule has 1 unspecified atom stereocenters. The normalized spacial score (nSPS) is 21.0. The molecule has 2 rings (SSSR count). The molecule has 1 atom stereocenters. The van der Waals surface area contributed by atoms with Crippen molar-refractivity contribution in [3.05, 3.63) is 21.5 Å². The third kappa shape index (κ3) is 2.04. The summed E-state index contributed by atoms with van der Waals surface area (Å²) in [6.45, 7) is 3.13. The predicted octanol–water partition coefficient (Wildman–Crippen LogP) is 3.00. The van der Waals surface area contributed by atoms with E-state index >= 15 is 0 Å². The molecule has 0 amide bonds. The predicted molar refractivity (Wildman–Crippen MR) is 69.6 cm³/mol. The number of nitrogen functional groups attached to an aromatic ring is 1. The van der Waals surface area contributed by atoms with Gasteiger partial charge in [-0.3, -0.25) is 0 Å². The minimum absolute atomic E-state index is 0.182. The van der Waals surface area contributed by atoms with Crippen molar-refractivity contribution in [1.82, 2.24) is 0 Å². The quantitative estimate of drug-likeness (QED) is 0.637. The van der Waals surface area contributed by atoms with Gasteiger partial charge in [0, 0.05) is 18.7 Å². The second-order valence-electron chi connectivity index (χ2n) is 4.01. The molecule has 2 N–H and O–H groups in total. The number of hydrogen-bond donors (Lipinski definition) is 1. The molecule has 0 saturated carbocycles. The lowest BCUT2D eigenvalue weighted by atomic mass is 10.2. The van der Waals surface area contributed by atoms with E-state index in [0.29, 0.717) is 15.3 Å². The van der Waals surface area contributed by atoms with Crippen LogP contribution < -0.4 is 10.6 Å². The molecule has 4 heteroatoms. The second-order valence-corrected chi connectivity index (χ2v) is 5.17. The molecule has 1 aliphatic rings. The van der Waals surface area contributed by atoms with E-state index in [-0.39, 0.29) is 5.82 Å². The van der Waals surface area contributed by atoms with Crippen LogP contribution >= 0.6 is 22.6 Å². The van der Waals surface area contributed by atoms with Gasteiger partial charge in [0.25, 0.3) is 0 Å². The van der Waals surface area contributed by atoms with Crippen molar-refractivity contribution in [1.29, 1.82) is 0 Å². The van der Waals surface area contributed by atoms with Crippen LogP contribution in [0.5, 0.6) is 0 Å². The first-order valence-corrected chi connectivity index (χ1v) is 6.18. The third-order valence-electron chi connectivity index (χ3n) is 2.93. The minimum Gasteiger partial charge on any atom is -0.397 e. The van der Waals surface area contributed by atoms with E-state index in [0.717, 1.165) is 25.1 Å². The minimum atomic E-state index is -0.182. The Hall–Kier alpha value is -0.520. The first kappa shape index (κ1) is 11.0. The Balaban J connectivity index is 2.39. The Morgan fingerprint density at radius 3 is 2.87 bits per heavy atom. The van der Waals surface area contributed by atoms with Crippen molar-refractivity contribution >= 4 is 34.0 Å². The molecule has 1 saturated heterocycles. The summed E-state index contributed by atoms with van der Waals surface area (Å²) in [5.74, 6) is -0.182. The first-order valence-electron chi connectivity index (χ1n) is 5.10. The van der Waals surface area contributed by atoms with Gasteiger partial charge >= 0.3 is 0 Å². The van der Waals surface area contributed by atoms with E-state index < -0.39 is 0 Å². The molecule has 0 bridgehead atoms. The van der Waals surface area contributed by atoms with E-state index in [2.05, 4.69) is 11.8 Å². The average molecular weight is 320 g/mol. The fraction of sp³-hybridized carbons (Fsp3) is 0.455. The number of benzene rings is 1. The average Bonchev–Trinajstić information content (AvgIpc) is 2.58. The van der Waals surface area contributed by atoms with Gasteiger partial charge in [0.2, 0.25) is 0 Å². The van der Waals surface area contributed by atoms with Crippen LogP contribution in [0.15, 0.2) is 12.1 Å². The van der Waals surface area contributed by atoms with Gasteiger partial charge in [-0.15, -0.1) is 0 Å². The van der Waals surface area contributed by atoms with Gasteiger partial charge in [-0.1, -0.05) is 0 Å². The summed E-state index contributed by atoms with van der Waals surface area (Å²) in [5.41, 5.74) is 7.44. The van der Waals surface area contributed by atoms with Crippen LogP contribution in [-0.4, -0.2) is 12.6 Å². The highest BCUT2D eigenvalue weighted by Gasteiger charge is 2.23. The van der Waals surface area contributed by atoms with Gasteiger partial charge in [0.15, 0.2) is 0 Å². The summed E-state index contributed by atoms with van der Waals surface area (Å²) in [6.07, 6.45) is 2.32. The van der Waals surface area contributed by atoms with Crippen molar-refractivity contribution in [3.63, 3.8) is 0 Å². The molecule has 1 heterocycles. The molecule has 0 radical (unpaired) electrons. The lowest BCUT2D eigenvalue weighted by molar-refractivity contribution is 0.618. The number of hydrogen-bond acceptors (Lipinski definition) is 2. The van der Waals surface area contributed by atoms with Crippen LogP contribution in [0.2, 0.25) is 0 Å². The van der Waals surface area contributed by atoms with Crippen molar-refractivity contribution in [3.8, 4) is 0 Å². The fourth-order valence-electron chi connectivity index (χ4n) is 2.09. The zero-order valence-electron chi connectivity index (χ0n) is 8.63. The lowest BCUT2D eigenvalue weighted by Crippen LogP contribution is -2.27. The molecule has 1 fully saturated rings. The number of nitrogens with zero attached hydrogens (tertiary/aromatic N) is 1. The van der Waals surface area contributed by atoms with Crippen molar-refractivity contribution in [2.24, 2.45) is 0 Å². The Labute approximate surface area is 103 Å². The molecule has 0 spiro atoms. The molecule has 0 aliphatic carbocycles. The highest BCUT2D eigenvalue weighted by atomic mass is 127. The van der Waals surface area contributed by atoms with Gasteiger partial charge in [0.05, 0.1) is 14.9 Å². The Kier molecular flexibility index (Phi) is 3.04. The number of anilines is 2. The highest BCUT2D eigenvalue weighted by molar-refractivity contribution is 14.1. The standard InChI is InChI=1S/C11H14FIN2/c1-7-3-2-4-15(7)11-5-8(12)9(13)6-10(11)14/h5-7H,2-4,14H2,1H3. The van der Waals surface area contributed by atoms with Crippen LogP contribution in [0.1, 0.15) is 19.8 Å². The second kappa shape index (κ2) is 4.15.